The van der Waals surface area contributed by atoms with Crippen molar-refractivity contribution >= 4 is 86.8 Å². The standard InChI is InChI=1S/C14H9Br4N3S/c15-9-3-8(4-10(16)6-9)13(20-21-14(19)22)7-1-2-11(17)12(18)5-7/h1-6H,(H3,19,21,22). The third kappa shape index (κ3) is 4.86. The minimum atomic E-state index is 0.114. The molecule has 22 heavy (non-hydrogen) atoms. The molecule has 0 aliphatic heterocycles. The maximum Gasteiger partial charge on any atom is 0.184 e. The zero-order valence-corrected chi connectivity index (χ0v) is 18.1. The van der Waals surface area contributed by atoms with E-state index in [1.165, 1.54) is 0 Å². The van der Waals surface area contributed by atoms with Gasteiger partial charge in [-0.2, -0.15) is 5.10 Å². The number of thiocarbonyl (C=S) groups is 1. The summed E-state index contributed by atoms with van der Waals surface area (Å²) in [6, 6.07) is 11.8. The van der Waals surface area contributed by atoms with E-state index in [2.05, 4.69) is 74.2 Å². The second kappa shape index (κ2) is 8.01. The second-order valence-corrected chi connectivity index (χ2v) is 8.20. The number of nitrogens with zero attached hydrogens (tertiary/aromatic N) is 1. The van der Waals surface area contributed by atoms with E-state index >= 15 is 0 Å². The molecule has 3 N–H and O–H groups in total. The van der Waals surface area contributed by atoms with Gasteiger partial charge in [0.2, 0.25) is 0 Å². The van der Waals surface area contributed by atoms with Gasteiger partial charge in [-0.3, -0.25) is 5.43 Å². The zero-order valence-electron chi connectivity index (χ0n) is 10.9. The summed E-state index contributed by atoms with van der Waals surface area (Å²) in [5, 5.41) is 4.45. The largest absolute Gasteiger partial charge is 0.375 e. The van der Waals surface area contributed by atoms with Gasteiger partial charge in [-0.05, 0) is 74.4 Å². The van der Waals surface area contributed by atoms with Crippen LogP contribution in [0.5, 0.6) is 0 Å². The lowest BCUT2D eigenvalue weighted by Crippen LogP contribution is -2.26. The number of rotatable bonds is 3. The highest BCUT2D eigenvalue weighted by Crippen LogP contribution is 2.27. The SMILES string of the molecule is NC(=S)NN=C(c1cc(Br)cc(Br)c1)c1ccc(Br)c(Br)c1. The Morgan fingerprint density at radius 1 is 0.909 bits per heavy atom. The van der Waals surface area contributed by atoms with Crippen molar-refractivity contribution < 1.29 is 0 Å². The number of benzene rings is 2. The predicted molar refractivity (Wildman–Crippen MR) is 109 cm³/mol. The van der Waals surface area contributed by atoms with E-state index in [0.717, 1.165) is 34.7 Å². The molecule has 0 saturated carbocycles. The molecule has 3 nitrogen and oxygen atoms in total. The van der Waals surface area contributed by atoms with Crippen LogP contribution >= 0.6 is 75.9 Å². The van der Waals surface area contributed by atoms with E-state index in [1.54, 1.807) is 0 Å². The van der Waals surface area contributed by atoms with Crippen LogP contribution in [0.15, 0.2) is 59.4 Å². The van der Waals surface area contributed by atoms with Gasteiger partial charge in [-0.25, -0.2) is 0 Å². The van der Waals surface area contributed by atoms with E-state index in [-0.39, 0.29) is 5.11 Å². The summed E-state index contributed by atoms with van der Waals surface area (Å²) < 4.78 is 3.78. The minimum Gasteiger partial charge on any atom is -0.375 e. The van der Waals surface area contributed by atoms with Gasteiger partial charge in [-0.15, -0.1) is 0 Å². The lowest BCUT2D eigenvalue weighted by Gasteiger charge is -2.10. The first-order valence-corrected chi connectivity index (χ1v) is 9.50. The Bertz CT molecular complexity index is 741. The van der Waals surface area contributed by atoms with Gasteiger partial charge in [0.25, 0.3) is 0 Å². The van der Waals surface area contributed by atoms with Crippen molar-refractivity contribution in [3.05, 3.63) is 65.4 Å². The molecule has 0 radical (unpaired) electrons. The Morgan fingerprint density at radius 2 is 1.55 bits per heavy atom. The first-order valence-electron chi connectivity index (χ1n) is 5.92. The van der Waals surface area contributed by atoms with Crippen LogP contribution in [0.1, 0.15) is 11.1 Å². The van der Waals surface area contributed by atoms with Crippen LogP contribution in [0, 0.1) is 0 Å². The number of nitrogens with one attached hydrogen (secondary N) is 1. The lowest BCUT2D eigenvalue weighted by atomic mass is 10.0. The monoisotopic (exact) mass is 567 g/mol. The van der Waals surface area contributed by atoms with Crippen LogP contribution in [0.2, 0.25) is 0 Å². The van der Waals surface area contributed by atoms with Crippen LogP contribution in [0.3, 0.4) is 0 Å². The molecular weight excluding hydrogens is 562 g/mol. The van der Waals surface area contributed by atoms with E-state index in [1.807, 2.05) is 36.4 Å². The van der Waals surface area contributed by atoms with Gasteiger partial charge in [-0.1, -0.05) is 37.9 Å². The van der Waals surface area contributed by atoms with Crippen molar-refractivity contribution in [2.24, 2.45) is 10.8 Å². The maximum absolute atomic E-state index is 5.49. The van der Waals surface area contributed by atoms with Crippen LogP contribution < -0.4 is 11.2 Å². The topological polar surface area (TPSA) is 50.4 Å². The summed E-state index contributed by atoms with van der Waals surface area (Å²) in [4.78, 5) is 0. The maximum atomic E-state index is 5.49. The summed E-state index contributed by atoms with van der Waals surface area (Å²) in [5.74, 6) is 0. The average Bonchev–Trinajstić information content (AvgIpc) is 2.41. The molecule has 0 aliphatic rings. The minimum absolute atomic E-state index is 0.114. The third-order valence-electron chi connectivity index (χ3n) is 2.61. The van der Waals surface area contributed by atoms with Crippen LogP contribution in [0.4, 0.5) is 0 Å². The molecule has 0 spiro atoms. The highest BCUT2D eigenvalue weighted by molar-refractivity contribution is 9.13. The van der Waals surface area contributed by atoms with Crippen LogP contribution in [0.25, 0.3) is 0 Å². The fraction of sp³-hybridized carbons (Fsp3) is 0. The van der Waals surface area contributed by atoms with Crippen molar-refractivity contribution in [1.82, 2.24) is 5.43 Å². The Labute approximate surface area is 167 Å². The van der Waals surface area contributed by atoms with Crippen LogP contribution in [-0.2, 0) is 0 Å². The molecule has 0 saturated heterocycles. The predicted octanol–water partition coefficient (Wildman–Crippen LogP) is 5.32. The van der Waals surface area contributed by atoms with E-state index in [9.17, 15) is 0 Å². The molecule has 0 amide bonds. The summed E-state index contributed by atoms with van der Waals surface area (Å²) >= 11 is 18.8. The molecule has 0 fully saturated rings. The molecule has 2 aromatic rings. The van der Waals surface area contributed by atoms with Crippen molar-refractivity contribution in [2.45, 2.75) is 0 Å². The van der Waals surface area contributed by atoms with Crippen molar-refractivity contribution in [3.8, 4) is 0 Å². The molecule has 114 valence electrons. The number of hydrogen-bond donors (Lipinski definition) is 2. The second-order valence-electron chi connectivity index (χ2n) is 4.22. The van der Waals surface area contributed by atoms with Gasteiger partial charge >= 0.3 is 0 Å². The first-order chi connectivity index (χ1) is 10.4. The Kier molecular flexibility index (Phi) is 6.58. The normalized spacial score (nSPS) is 11.4. The summed E-state index contributed by atoms with van der Waals surface area (Å²) in [7, 11) is 0. The summed E-state index contributed by atoms with van der Waals surface area (Å²) in [5.41, 5.74) is 10.7. The van der Waals surface area contributed by atoms with Crippen LogP contribution in [-0.4, -0.2) is 10.8 Å². The van der Waals surface area contributed by atoms with Crippen molar-refractivity contribution in [2.75, 3.05) is 0 Å². The zero-order chi connectivity index (χ0) is 16.3. The molecule has 0 atom stereocenters. The van der Waals surface area contributed by atoms with Gasteiger partial charge < -0.3 is 5.73 Å². The lowest BCUT2D eigenvalue weighted by molar-refractivity contribution is 1.03. The fourth-order valence-electron chi connectivity index (χ4n) is 1.74. The van der Waals surface area contributed by atoms with Gasteiger partial charge in [0.1, 0.15) is 0 Å². The van der Waals surface area contributed by atoms with E-state index in [0.29, 0.717) is 0 Å². The fourth-order valence-corrected chi connectivity index (χ4v) is 3.71. The molecule has 0 heterocycles. The third-order valence-corrected chi connectivity index (χ3v) is 5.49. The summed E-state index contributed by atoms with van der Waals surface area (Å²) in [6.45, 7) is 0. The molecule has 2 rings (SSSR count). The highest BCUT2D eigenvalue weighted by atomic mass is 79.9. The molecule has 8 heteroatoms. The Morgan fingerprint density at radius 3 is 2.09 bits per heavy atom. The summed E-state index contributed by atoms with van der Waals surface area (Å²) in [6.07, 6.45) is 0. The smallest absolute Gasteiger partial charge is 0.184 e. The van der Waals surface area contributed by atoms with E-state index < -0.39 is 0 Å². The molecule has 0 unspecified atom stereocenters. The average molecular weight is 571 g/mol. The van der Waals surface area contributed by atoms with Gasteiger partial charge in [0.05, 0.1) is 5.71 Å². The number of hydrazone groups is 1. The molecule has 0 aliphatic carbocycles. The van der Waals surface area contributed by atoms with Gasteiger partial charge in [0, 0.05) is 29.0 Å². The Balaban J connectivity index is 2.57. The molecule has 0 bridgehead atoms. The van der Waals surface area contributed by atoms with Crippen molar-refractivity contribution in [1.29, 1.82) is 0 Å². The number of nitrogens with two attached hydrogens (primary N) is 1. The molecule has 0 aromatic heterocycles. The Hall–Kier alpha value is -0.280. The van der Waals surface area contributed by atoms with Crippen molar-refractivity contribution in [3.63, 3.8) is 0 Å². The molecular formula is C14H9Br4N3S. The quantitative estimate of drug-likeness (QED) is 0.298. The van der Waals surface area contributed by atoms with Gasteiger partial charge in [0.15, 0.2) is 5.11 Å². The van der Waals surface area contributed by atoms with E-state index in [4.69, 9.17) is 18.0 Å². The number of halogens is 4. The number of hydrogen-bond acceptors (Lipinski definition) is 2. The highest BCUT2D eigenvalue weighted by Gasteiger charge is 2.11. The first kappa shape index (κ1) is 18.1. The molecule has 2 aromatic carbocycles.